The first-order valence-corrected chi connectivity index (χ1v) is 5.20. The topological polar surface area (TPSA) is 45.2 Å². The van der Waals surface area contributed by atoms with Gasteiger partial charge in [-0.2, -0.15) is 0 Å². The van der Waals surface area contributed by atoms with Crippen LogP contribution in [0.15, 0.2) is 24.5 Å². The molecule has 2 aliphatic heterocycles. The zero-order valence-electron chi connectivity index (χ0n) is 9.26. The van der Waals surface area contributed by atoms with Crippen LogP contribution in [0.25, 0.3) is 0 Å². The molecule has 17 heavy (non-hydrogen) atoms. The van der Waals surface area contributed by atoms with Crippen LogP contribution in [0, 0.1) is 5.41 Å². The Morgan fingerprint density at radius 1 is 1.35 bits per heavy atom. The second kappa shape index (κ2) is 5.21. The van der Waals surface area contributed by atoms with Gasteiger partial charge in [0.2, 0.25) is 5.91 Å². The third-order valence-corrected chi connectivity index (χ3v) is 3.28. The van der Waals surface area contributed by atoms with E-state index in [1.54, 1.807) is 12.4 Å². The molecule has 0 bridgehead atoms. The Bertz CT molecular complexity index is 395. The first kappa shape index (κ1) is 14.2. The van der Waals surface area contributed by atoms with Gasteiger partial charge in [-0.15, -0.1) is 24.8 Å². The van der Waals surface area contributed by atoms with Crippen LogP contribution in [-0.4, -0.2) is 30.5 Å². The van der Waals surface area contributed by atoms with E-state index in [0.29, 0.717) is 6.42 Å². The molecule has 94 valence electrons. The molecule has 1 aromatic heterocycles. The lowest BCUT2D eigenvalue weighted by Crippen LogP contribution is -2.54. The van der Waals surface area contributed by atoms with Gasteiger partial charge in [0.15, 0.2) is 0 Å². The molecule has 0 aliphatic carbocycles. The van der Waals surface area contributed by atoms with Gasteiger partial charge in [0.25, 0.3) is 0 Å². The third-order valence-electron chi connectivity index (χ3n) is 3.28. The third kappa shape index (κ3) is 2.39. The fourth-order valence-corrected chi connectivity index (χ4v) is 2.36. The lowest BCUT2D eigenvalue weighted by molar-refractivity contribution is -0.118. The van der Waals surface area contributed by atoms with E-state index in [9.17, 15) is 4.79 Å². The average Bonchev–Trinajstić information content (AvgIpc) is 2.57. The molecule has 6 heteroatoms. The van der Waals surface area contributed by atoms with Gasteiger partial charge in [0.1, 0.15) is 0 Å². The maximum absolute atomic E-state index is 11.9. The molecule has 2 aliphatic rings. The molecular formula is C11H15Cl2N3O. The van der Waals surface area contributed by atoms with Gasteiger partial charge in [0.05, 0.1) is 11.9 Å². The lowest BCUT2D eigenvalue weighted by atomic mass is 9.81. The summed E-state index contributed by atoms with van der Waals surface area (Å²) in [7, 11) is 0. The largest absolute Gasteiger partial charge is 0.315 e. The molecule has 1 aromatic rings. The highest BCUT2D eigenvalue weighted by Gasteiger charge is 2.47. The minimum atomic E-state index is 0. The predicted molar refractivity (Wildman–Crippen MR) is 71.0 cm³/mol. The minimum Gasteiger partial charge on any atom is -0.315 e. The van der Waals surface area contributed by atoms with Gasteiger partial charge in [0, 0.05) is 37.7 Å². The van der Waals surface area contributed by atoms with E-state index in [-0.39, 0.29) is 36.1 Å². The second-order valence-corrected chi connectivity index (χ2v) is 4.47. The van der Waals surface area contributed by atoms with E-state index in [1.165, 1.54) is 0 Å². The van der Waals surface area contributed by atoms with Crippen LogP contribution in [0.5, 0.6) is 0 Å². The lowest BCUT2D eigenvalue weighted by Gasteiger charge is -2.38. The molecule has 3 rings (SSSR count). The van der Waals surface area contributed by atoms with Crippen molar-refractivity contribution in [2.75, 3.05) is 24.5 Å². The van der Waals surface area contributed by atoms with Crippen molar-refractivity contribution in [2.24, 2.45) is 5.41 Å². The smallest absolute Gasteiger partial charge is 0.227 e. The predicted octanol–water partition coefficient (Wildman–Crippen LogP) is 1.25. The maximum atomic E-state index is 11.9. The summed E-state index contributed by atoms with van der Waals surface area (Å²) in [6.45, 7) is 2.77. The van der Waals surface area contributed by atoms with Crippen molar-refractivity contribution in [1.29, 1.82) is 0 Å². The summed E-state index contributed by atoms with van der Waals surface area (Å²) in [5.74, 6) is 0.226. The number of hydrogen-bond acceptors (Lipinski definition) is 3. The summed E-state index contributed by atoms with van der Waals surface area (Å²) < 4.78 is 0. The summed E-state index contributed by atoms with van der Waals surface area (Å²) in [6.07, 6.45) is 4.16. The quantitative estimate of drug-likeness (QED) is 0.839. The number of rotatable bonds is 1. The molecule has 2 saturated heterocycles. The number of pyridine rings is 1. The van der Waals surface area contributed by atoms with Crippen molar-refractivity contribution in [1.82, 2.24) is 10.3 Å². The monoisotopic (exact) mass is 275 g/mol. The molecule has 1 N–H and O–H groups in total. The maximum Gasteiger partial charge on any atom is 0.227 e. The number of amides is 1. The normalized spacial score (nSPS) is 20.5. The van der Waals surface area contributed by atoms with E-state index in [4.69, 9.17) is 0 Å². The van der Waals surface area contributed by atoms with Crippen LogP contribution >= 0.6 is 24.8 Å². The van der Waals surface area contributed by atoms with E-state index in [2.05, 4.69) is 10.3 Å². The van der Waals surface area contributed by atoms with Crippen molar-refractivity contribution in [3.05, 3.63) is 24.5 Å². The van der Waals surface area contributed by atoms with E-state index in [1.807, 2.05) is 17.0 Å². The number of anilines is 1. The van der Waals surface area contributed by atoms with Crippen molar-refractivity contribution >= 4 is 36.4 Å². The molecule has 0 radical (unpaired) electrons. The summed E-state index contributed by atoms with van der Waals surface area (Å²) in [4.78, 5) is 17.8. The van der Waals surface area contributed by atoms with Crippen LogP contribution in [-0.2, 0) is 4.79 Å². The molecule has 3 heterocycles. The molecule has 1 amide bonds. The van der Waals surface area contributed by atoms with Gasteiger partial charge in [-0.05, 0) is 12.1 Å². The molecule has 0 atom stereocenters. The summed E-state index contributed by atoms with van der Waals surface area (Å²) in [5.41, 5.74) is 1.12. The minimum absolute atomic E-state index is 0. The van der Waals surface area contributed by atoms with Crippen LogP contribution in [0.1, 0.15) is 6.42 Å². The Morgan fingerprint density at radius 2 is 2.12 bits per heavy atom. The molecule has 0 unspecified atom stereocenters. The van der Waals surface area contributed by atoms with Crippen molar-refractivity contribution < 1.29 is 4.79 Å². The number of nitrogens with one attached hydrogen (secondary N) is 1. The number of halogens is 2. The summed E-state index contributed by atoms with van der Waals surface area (Å²) >= 11 is 0. The Balaban J connectivity index is 0.000000722. The standard InChI is InChI=1S/C11H13N3O.2ClH/c15-10-4-11(6-13-7-11)8-14(10)9-2-1-3-12-5-9;;/h1-3,5,13H,4,6-8H2;2*1H. The molecular weight excluding hydrogens is 261 g/mol. The highest BCUT2D eigenvalue weighted by atomic mass is 35.5. The summed E-state index contributed by atoms with van der Waals surface area (Å²) in [6, 6.07) is 3.81. The Hall–Kier alpha value is -0.840. The van der Waals surface area contributed by atoms with Gasteiger partial charge in [-0.25, -0.2) is 0 Å². The fraction of sp³-hybridized carbons (Fsp3) is 0.455. The zero-order valence-corrected chi connectivity index (χ0v) is 10.9. The first-order valence-electron chi connectivity index (χ1n) is 5.20. The van der Waals surface area contributed by atoms with Gasteiger partial charge < -0.3 is 10.2 Å². The van der Waals surface area contributed by atoms with Crippen LogP contribution in [0.3, 0.4) is 0 Å². The second-order valence-electron chi connectivity index (χ2n) is 4.47. The van der Waals surface area contributed by atoms with Gasteiger partial charge in [-0.1, -0.05) is 0 Å². The Kier molecular flexibility index (Phi) is 4.36. The Labute approximate surface area is 113 Å². The van der Waals surface area contributed by atoms with E-state index < -0.39 is 0 Å². The highest BCUT2D eigenvalue weighted by Crippen LogP contribution is 2.36. The highest BCUT2D eigenvalue weighted by molar-refractivity contribution is 5.96. The first-order chi connectivity index (χ1) is 7.29. The summed E-state index contributed by atoms with van der Waals surface area (Å²) in [5, 5.41) is 3.24. The van der Waals surface area contributed by atoms with E-state index >= 15 is 0 Å². The van der Waals surface area contributed by atoms with Crippen molar-refractivity contribution in [2.45, 2.75) is 6.42 Å². The Morgan fingerprint density at radius 3 is 2.59 bits per heavy atom. The van der Waals surface area contributed by atoms with Crippen LogP contribution in [0.2, 0.25) is 0 Å². The van der Waals surface area contributed by atoms with Gasteiger partial charge >= 0.3 is 0 Å². The van der Waals surface area contributed by atoms with Gasteiger partial charge in [-0.3, -0.25) is 9.78 Å². The molecule has 4 nitrogen and oxygen atoms in total. The number of hydrogen-bond donors (Lipinski definition) is 1. The van der Waals surface area contributed by atoms with Crippen LogP contribution in [0.4, 0.5) is 5.69 Å². The van der Waals surface area contributed by atoms with Crippen molar-refractivity contribution in [3.8, 4) is 0 Å². The average molecular weight is 276 g/mol. The molecule has 2 fully saturated rings. The van der Waals surface area contributed by atoms with E-state index in [0.717, 1.165) is 25.3 Å². The fourth-order valence-electron chi connectivity index (χ4n) is 2.36. The molecule has 0 saturated carbocycles. The molecule has 1 spiro atoms. The number of carbonyl (C=O) groups excluding carboxylic acids is 1. The SMILES string of the molecule is Cl.Cl.O=C1CC2(CNC2)CN1c1cccnc1. The van der Waals surface area contributed by atoms with Crippen LogP contribution < -0.4 is 10.2 Å². The molecule has 0 aromatic carbocycles. The zero-order chi connectivity index (χ0) is 10.3. The van der Waals surface area contributed by atoms with Crippen molar-refractivity contribution in [3.63, 3.8) is 0 Å². The number of carbonyl (C=O) groups is 1. The number of nitrogens with zero attached hydrogens (tertiary/aromatic N) is 2. The number of aromatic nitrogens is 1.